The van der Waals surface area contributed by atoms with Gasteiger partial charge < -0.3 is 20.3 Å². The van der Waals surface area contributed by atoms with E-state index in [9.17, 15) is 9.59 Å². The lowest BCUT2D eigenvalue weighted by atomic mass is 10.2. The predicted molar refractivity (Wildman–Crippen MR) is 110 cm³/mol. The molecule has 0 atom stereocenters. The lowest BCUT2D eigenvalue weighted by molar-refractivity contribution is -0.111. The van der Waals surface area contributed by atoms with E-state index >= 15 is 0 Å². The van der Waals surface area contributed by atoms with Gasteiger partial charge in [0.15, 0.2) is 5.65 Å². The van der Waals surface area contributed by atoms with E-state index in [1.807, 2.05) is 24.3 Å². The van der Waals surface area contributed by atoms with Crippen LogP contribution in [0.2, 0.25) is 0 Å². The number of hydrogen-bond acceptors (Lipinski definition) is 6. The van der Waals surface area contributed by atoms with Crippen molar-refractivity contribution in [1.82, 2.24) is 15.2 Å². The van der Waals surface area contributed by atoms with Crippen molar-refractivity contribution >= 4 is 39.9 Å². The minimum atomic E-state index is -0.360. The minimum Gasteiger partial charge on any atom is -0.378 e. The normalized spacial score (nSPS) is 13.9. The zero-order chi connectivity index (χ0) is 20.2. The summed E-state index contributed by atoms with van der Waals surface area (Å²) in [5, 5.41) is 12.7. The summed E-state index contributed by atoms with van der Waals surface area (Å²) in [7, 11) is 0. The van der Waals surface area contributed by atoms with Crippen LogP contribution in [0.3, 0.4) is 0 Å². The van der Waals surface area contributed by atoms with E-state index < -0.39 is 0 Å². The molecule has 0 aliphatic carbocycles. The number of ether oxygens (including phenoxy) is 1. The number of amides is 2. The summed E-state index contributed by atoms with van der Waals surface area (Å²) < 4.78 is 5.37. The van der Waals surface area contributed by atoms with Gasteiger partial charge in [0.1, 0.15) is 5.69 Å². The van der Waals surface area contributed by atoms with Crippen LogP contribution in [0.1, 0.15) is 10.5 Å². The van der Waals surface area contributed by atoms with E-state index in [4.69, 9.17) is 4.74 Å². The third kappa shape index (κ3) is 4.09. The number of anilines is 3. The molecule has 0 spiro atoms. The molecular formula is C20H20N6O3. The van der Waals surface area contributed by atoms with Crippen LogP contribution in [0.4, 0.5) is 17.1 Å². The molecule has 1 fully saturated rings. The maximum absolute atomic E-state index is 12.7. The SMILES string of the molecule is C=CC(=O)Nc1cnc2n[nH]c(C(=O)Nc3ccc(N4CCOCC4)cc3)c2c1. The van der Waals surface area contributed by atoms with Crippen molar-refractivity contribution in [2.45, 2.75) is 0 Å². The maximum Gasteiger partial charge on any atom is 0.274 e. The van der Waals surface area contributed by atoms with E-state index in [1.165, 1.54) is 6.20 Å². The van der Waals surface area contributed by atoms with Gasteiger partial charge in [0.05, 0.1) is 30.5 Å². The van der Waals surface area contributed by atoms with Gasteiger partial charge in [0.2, 0.25) is 5.91 Å². The van der Waals surface area contributed by atoms with Crippen molar-refractivity contribution in [3.63, 3.8) is 0 Å². The van der Waals surface area contributed by atoms with Gasteiger partial charge in [-0.15, -0.1) is 0 Å². The Morgan fingerprint density at radius 3 is 2.62 bits per heavy atom. The van der Waals surface area contributed by atoms with E-state index in [1.54, 1.807) is 6.07 Å². The van der Waals surface area contributed by atoms with E-state index in [2.05, 4.69) is 37.3 Å². The molecule has 0 bridgehead atoms. The lowest BCUT2D eigenvalue weighted by Gasteiger charge is -2.28. The number of pyridine rings is 1. The van der Waals surface area contributed by atoms with Crippen molar-refractivity contribution in [3.8, 4) is 0 Å². The van der Waals surface area contributed by atoms with Crippen LogP contribution in [-0.2, 0) is 9.53 Å². The Bertz CT molecular complexity index is 1050. The number of morpholine rings is 1. The fraction of sp³-hybridized carbons (Fsp3) is 0.200. The van der Waals surface area contributed by atoms with Gasteiger partial charge in [-0.3, -0.25) is 14.7 Å². The molecule has 1 aliphatic heterocycles. The molecule has 3 heterocycles. The highest BCUT2D eigenvalue weighted by molar-refractivity contribution is 6.11. The van der Waals surface area contributed by atoms with Crippen molar-refractivity contribution < 1.29 is 14.3 Å². The molecule has 9 nitrogen and oxygen atoms in total. The van der Waals surface area contributed by atoms with Crippen LogP contribution in [0.5, 0.6) is 0 Å². The van der Waals surface area contributed by atoms with Crippen molar-refractivity contribution in [2.24, 2.45) is 0 Å². The number of nitrogens with one attached hydrogen (secondary N) is 3. The number of fused-ring (bicyclic) bond motifs is 1. The van der Waals surface area contributed by atoms with E-state index in [-0.39, 0.29) is 17.5 Å². The number of carbonyl (C=O) groups excluding carboxylic acids is 2. The van der Waals surface area contributed by atoms with Crippen LogP contribution < -0.4 is 15.5 Å². The molecular weight excluding hydrogens is 372 g/mol. The van der Waals surface area contributed by atoms with Gasteiger partial charge in [0.25, 0.3) is 5.91 Å². The molecule has 29 heavy (non-hydrogen) atoms. The number of H-pyrrole nitrogens is 1. The summed E-state index contributed by atoms with van der Waals surface area (Å²) in [6.45, 7) is 6.55. The monoisotopic (exact) mass is 392 g/mol. The molecule has 2 amide bonds. The van der Waals surface area contributed by atoms with Crippen molar-refractivity contribution in [2.75, 3.05) is 41.8 Å². The highest BCUT2D eigenvalue weighted by atomic mass is 16.5. The van der Waals surface area contributed by atoms with E-state index in [0.29, 0.717) is 35.6 Å². The number of nitrogens with zero attached hydrogens (tertiary/aromatic N) is 3. The number of rotatable bonds is 5. The Kier molecular flexibility index (Phi) is 5.21. The summed E-state index contributed by atoms with van der Waals surface area (Å²) in [5.41, 5.74) is 2.85. The number of hydrogen-bond donors (Lipinski definition) is 3. The molecule has 3 N–H and O–H groups in total. The van der Waals surface area contributed by atoms with Crippen LogP contribution in [0.25, 0.3) is 11.0 Å². The molecule has 2 aromatic heterocycles. The average molecular weight is 392 g/mol. The number of benzene rings is 1. The van der Waals surface area contributed by atoms with E-state index in [0.717, 1.165) is 24.9 Å². The molecule has 3 aromatic rings. The van der Waals surface area contributed by atoms with Gasteiger partial charge >= 0.3 is 0 Å². The maximum atomic E-state index is 12.7. The molecule has 1 aromatic carbocycles. The van der Waals surface area contributed by atoms with Crippen LogP contribution >= 0.6 is 0 Å². The summed E-state index contributed by atoms with van der Waals surface area (Å²) in [6.07, 6.45) is 2.63. The first-order valence-electron chi connectivity index (χ1n) is 9.15. The second-order valence-electron chi connectivity index (χ2n) is 6.49. The Morgan fingerprint density at radius 1 is 1.14 bits per heavy atom. The molecule has 4 rings (SSSR count). The molecule has 0 unspecified atom stereocenters. The molecule has 1 aliphatic rings. The first-order valence-corrected chi connectivity index (χ1v) is 9.15. The first kappa shape index (κ1) is 18.6. The highest BCUT2D eigenvalue weighted by Crippen LogP contribution is 2.22. The van der Waals surface area contributed by atoms with Gasteiger partial charge in [0, 0.05) is 24.5 Å². The molecule has 0 saturated carbocycles. The highest BCUT2D eigenvalue weighted by Gasteiger charge is 2.16. The second-order valence-corrected chi connectivity index (χ2v) is 6.49. The third-order valence-electron chi connectivity index (χ3n) is 4.59. The standard InChI is InChI=1S/C20H20N6O3/c1-2-17(27)22-14-11-16-18(24-25-19(16)21-12-14)20(28)23-13-3-5-15(6-4-13)26-7-9-29-10-8-26/h2-6,11-12H,1,7-10H2,(H,22,27)(H,23,28)(H,21,24,25). The molecule has 1 saturated heterocycles. The zero-order valence-corrected chi connectivity index (χ0v) is 15.6. The van der Waals surface area contributed by atoms with Gasteiger partial charge in [-0.25, -0.2) is 4.98 Å². The van der Waals surface area contributed by atoms with Crippen LogP contribution in [0.15, 0.2) is 49.2 Å². The number of carbonyl (C=O) groups is 2. The minimum absolute atomic E-state index is 0.263. The van der Waals surface area contributed by atoms with Crippen LogP contribution in [-0.4, -0.2) is 53.3 Å². The predicted octanol–water partition coefficient (Wildman–Crippen LogP) is 2.17. The molecule has 148 valence electrons. The van der Waals surface area contributed by atoms with Gasteiger partial charge in [-0.2, -0.15) is 5.10 Å². The smallest absolute Gasteiger partial charge is 0.274 e. The summed E-state index contributed by atoms with van der Waals surface area (Å²) in [6, 6.07) is 9.29. The molecule has 9 heteroatoms. The Morgan fingerprint density at radius 2 is 1.90 bits per heavy atom. The quantitative estimate of drug-likeness (QED) is 0.574. The largest absolute Gasteiger partial charge is 0.378 e. The number of aromatic nitrogens is 3. The first-order chi connectivity index (χ1) is 14.1. The van der Waals surface area contributed by atoms with Crippen molar-refractivity contribution in [3.05, 3.63) is 54.9 Å². The van der Waals surface area contributed by atoms with Gasteiger partial charge in [-0.05, 0) is 36.4 Å². The summed E-state index contributed by atoms with van der Waals surface area (Å²) >= 11 is 0. The zero-order valence-electron chi connectivity index (χ0n) is 15.6. The Balaban J connectivity index is 1.50. The number of aromatic amines is 1. The third-order valence-corrected chi connectivity index (χ3v) is 4.59. The van der Waals surface area contributed by atoms with Gasteiger partial charge in [-0.1, -0.05) is 6.58 Å². The average Bonchev–Trinajstić information content (AvgIpc) is 3.18. The summed E-state index contributed by atoms with van der Waals surface area (Å²) in [5.74, 6) is -0.707. The Labute approximate surface area is 166 Å². The fourth-order valence-corrected chi connectivity index (χ4v) is 3.11. The second kappa shape index (κ2) is 8.11. The van der Waals surface area contributed by atoms with Crippen LogP contribution in [0, 0.1) is 0 Å². The Hall–Kier alpha value is -3.72. The van der Waals surface area contributed by atoms with Crippen molar-refractivity contribution in [1.29, 1.82) is 0 Å². The molecule has 0 radical (unpaired) electrons. The fourth-order valence-electron chi connectivity index (χ4n) is 3.11. The topological polar surface area (TPSA) is 112 Å². The summed E-state index contributed by atoms with van der Waals surface area (Å²) in [4.78, 5) is 30.6. The lowest BCUT2D eigenvalue weighted by Crippen LogP contribution is -2.36.